The van der Waals surface area contributed by atoms with E-state index in [4.69, 9.17) is 5.11 Å². The number of aryl methyl sites for hydroxylation is 1. The number of benzene rings is 2. The first-order valence-electron chi connectivity index (χ1n) is 8.41. The molecule has 0 atom stereocenters. The smallest absolute Gasteiger partial charge is 0.324 e. The molecule has 0 aliphatic rings. The first-order chi connectivity index (χ1) is 12.4. The van der Waals surface area contributed by atoms with E-state index < -0.39 is 24.5 Å². The molecule has 136 valence electrons. The van der Waals surface area contributed by atoms with Crippen LogP contribution in [0.3, 0.4) is 0 Å². The van der Waals surface area contributed by atoms with E-state index in [-0.39, 0.29) is 6.54 Å². The summed E-state index contributed by atoms with van der Waals surface area (Å²) in [5.74, 6) is -1.62. The van der Waals surface area contributed by atoms with Gasteiger partial charge in [0.15, 0.2) is 0 Å². The molecule has 3 amide bonds. The molecule has 0 saturated carbocycles. The Balaban J connectivity index is 2.16. The number of carboxylic acid groups (broad SMARTS) is 1. The minimum Gasteiger partial charge on any atom is -0.480 e. The lowest BCUT2D eigenvalue weighted by Crippen LogP contribution is -2.45. The Labute approximate surface area is 152 Å². The number of carboxylic acids is 1. The molecular weight excluding hydrogens is 332 g/mol. The number of amides is 3. The van der Waals surface area contributed by atoms with Crippen LogP contribution in [0.4, 0.5) is 4.79 Å². The van der Waals surface area contributed by atoms with Crippen LogP contribution in [0, 0.1) is 6.92 Å². The SMILES string of the molecule is CCCN(C(=O)NCC(=O)O)C(=O)c1ccc(-c2ccc(C)cc2)cc1. The van der Waals surface area contributed by atoms with Gasteiger partial charge in [0, 0.05) is 12.1 Å². The van der Waals surface area contributed by atoms with Crippen LogP contribution in [-0.2, 0) is 4.79 Å². The van der Waals surface area contributed by atoms with Gasteiger partial charge in [0.25, 0.3) is 5.91 Å². The molecule has 0 unspecified atom stereocenters. The Bertz CT molecular complexity index is 782. The van der Waals surface area contributed by atoms with E-state index in [0.717, 1.165) is 16.0 Å². The van der Waals surface area contributed by atoms with Gasteiger partial charge in [-0.15, -0.1) is 0 Å². The maximum absolute atomic E-state index is 12.6. The summed E-state index contributed by atoms with van der Waals surface area (Å²) < 4.78 is 0. The van der Waals surface area contributed by atoms with Crippen LogP contribution in [0.5, 0.6) is 0 Å². The van der Waals surface area contributed by atoms with Gasteiger partial charge in [0.05, 0.1) is 0 Å². The lowest BCUT2D eigenvalue weighted by Gasteiger charge is -2.20. The molecule has 0 heterocycles. The molecule has 0 spiro atoms. The normalized spacial score (nSPS) is 10.2. The predicted octanol–water partition coefficient (Wildman–Crippen LogP) is 3.31. The highest BCUT2D eigenvalue weighted by atomic mass is 16.4. The summed E-state index contributed by atoms with van der Waals surface area (Å²) in [7, 11) is 0. The van der Waals surface area contributed by atoms with Crippen LogP contribution >= 0.6 is 0 Å². The van der Waals surface area contributed by atoms with E-state index >= 15 is 0 Å². The molecule has 26 heavy (non-hydrogen) atoms. The van der Waals surface area contributed by atoms with Crippen LogP contribution in [0.25, 0.3) is 11.1 Å². The highest BCUT2D eigenvalue weighted by molar-refractivity contribution is 6.04. The Morgan fingerprint density at radius 1 is 0.962 bits per heavy atom. The minimum absolute atomic E-state index is 0.212. The van der Waals surface area contributed by atoms with E-state index in [1.54, 1.807) is 12.1 Å². The Hall–Kier alpha value is -3.15. The lowest BCUT2D eigenvalue weighted by molar-refractivity contribution is -0.135. The van der Waals surface area contributed by atoms with Gasteiger partial charge in [-0.2, -0.15) is 0 Å². The summed E-state index contributed by atoms with van der Waals surface area (Å²) in [6, 6.07) is 14.4. The first kappa shape index (κ1) is 19.2. The molecular formula is C20H22N2O4. The number of carbonyl (C=O) groups is 3. The van der Waals surface area contributed by atoms with Gasteiger partial charge < -0.3 is 10.4 Å². The summed E-state index contributed by atoms with van der Waals surface area (Å²) in [5, 5.41) is 10.9. The molecule has 2 aromatic carbocycles. The van der Waals surface area contributed by atoms with Crippen LogP contribution in [-0.4, -0.2) is 41.0 Å². The summed E-state index contributed by atoms with van der Waals surface area (Å²) in [6.45, 7) is 3.54. The maximum atomic E-state index is 12.6. The van der Waals surface area contributed by atoms with Crippen LogP contribution < -0.4 is 5.32 Å². The molecule has 6 nitrogen and oxygen atoms in total. The number of rotatable bonds is 6. The van der Waals surface area contributed by atoms with Crippen molar-refractivity contribution >= 4 is 17.9 Å². The van der Waals surface area contributed by atoms with Crippen LogP contribution in [0.2, 0.25) is 0 Å². The van der Waals surface area contributed by atoms with Crippen molar-refractivity contribution in [2.75, 3.05) is 13.1 Å². The second-order valence-electron chi connectivity index (χ2n) is 5.95. The largest absolute Gasteiger partial charge is 0.480 e. The molecule has 2 aromatic rings. The topological polar surface area (TPSA) is 86.7 Å². The fourth-order valence-corrected chi connectivity index (χ4v) is 2.47. The minimum atomic E-state index is -1.16. The number of hydrogen-bond acceptors (Lipinski definition) is 3. The van der Waals surface area contributed by atoms with Crippen molar-refractivity contribution in [3.8, 4) is 11.1 Å². The third kappa shape index (κ3) is 4.92. The van der Waals surface area contributed by atoms with Crippen molar-refractivity contribution in [2.24, 2.45) is 0 Å². The number of nitrogens with zero attached hydrogens (tertiary/aromatic N) is 1. The van der Waals surface area contributed by atoms with E-state index in [1.807, 2.05) is 50.2 Å². The molecule has 0 aliphatic carbocycles. The molecule has 0 aliphatic heterocycles. The molecule has 6 heteroatoms. The molecule has 0 bridgehead atoms. The van der Waals surface area contributed by atoms with E-state index in [1.165, 1.54) is 5.56 Å². The third-order valence-corrected chi connectivity index (χ3v) is 3.85. The molecule has 0 fully saturated rings. The fourth-order valence-electron chi connectivity index (χ4n) is 2.47. The molecule has 2 rings (SSSR count). The van der Waals surface area contributed by atoms with Crippen molar-refractivity contribution < 1.29 is 19.5 Å². The van der Waals surface area contributed by atoms with Gasteiger partial charge >= 0.3 is 12.0 Å². The summed E-state index contributed by atoms with van der Waals surface area (Å²) in [5.41, 5.74) is 3.56. The standard InChI is InChI=1S/C20H22N2O4/c1-3-12-22(20(26)21-13-18(23)24)19(25)17-10-8-16(9-11-17)15-6-4-14(2)5-7-15/h4-11H,3,12-13H2,1-2H3,(H,21,26)(H,23,24). The summed E-state index contributed by atoms with van der Waals surface area (Å²) in [4.78, 5) is 36.4. The van der Waals surface area contributed by atoms with Crippen molar-refractivity contribution in [3.63, 3.8) is 0 Å². The van der Waals surface area contributed by atoms with Gasteiger partial charge in [-0.1, -0.05) is 48.9 Å². The van der Waals surface area contributed by atoms with E-state index in [2.05, 4.69) is 5.32 Å². The number of urea groups is 1. The van der Waals surface area contributed by atoms with Crippen molar-refractivity contribution in [1.29, 1.82) is 0 Å². The monoisotopic (exact) mass is 354 g/mol. The van der Waals surface area contributed by atoms with Gasteiger partial charge in [-0.25, -0.2) is 4.79 Å². The number of carbonyl (C=O) groups excluding carboxylic acids is 2. The lowest BCUT2D eigenvalue weighted by atomic mass is 10.0. The van der Waals surface area contributed by atoms with Gasteiger partial charge in [0.1, 0.15) is 6.54 Å². The van der Waals surface area contributed by atoms with E-state index in [9.17, 15) is 14.4 Å². The summed E-state index contributed by atoms with van der Waals surface area (Å²) >= 11 is 0. The molecule has 0 radical (unpaired) electrons. The average Bonchev–Trinajstić information content (AvgIpc) is 2.64. The first-order valence-corrected chi connectivity index (χ1v) is 8.41. The van der Waals surface area contributed by atoms with Gasteiger partial charge in [-0.3, -0.25) is 14.5 Å². The number of hydrogen-bond donors (Lipinski definition) is 2. The fraction of sp³-hybridized carbons (Fsp3) is 0.250. The second kappa shape index (κ2) is 8.80. The van der Waals surface area contributed by atoms with Crippen molar-refractivity contribution in [2.45, 2.75) is 20.3 Å². The van der Waals surface area contributed by atoms with Crippen LogP contribution in [0.1, 0.15) is 29.3 Å². The van der Waals surface area contributed by atoms with Crippen molar-refractivity contribution in [1.82, 2.24) is 10.2 Å². The highest BCUT2D eigenvalue weighted by Gasteiger charge is 2.22. The molecule has 0 saturated heterocycles. The third-order valence-electron chi connectivity index (χ3n) is 3.85. The second-order valence-corrected chi connectivity index (χ2v) is 5.95. The zero-order valence-corrected chi connectivity index (χ0v) is 14.9. The number of aliphatic carboxylic acids is 1. The Kier molecular flexibility index (Phi) is 6.49. The number of nitrogens with one attached hydrogen (secondary N) is 1. The van der Waals surface area contributed by atoms with Gasteiger partial charge in [-0.05, 0) is 36.6 Å². The summed E-state index contributed by atoms with van der Waals surface area (Å²) in [6.07, 6.45) is 0.577. The zero-order valence-electron chi connectivity index (χ0n) is 14.9. The Morgan fingerprint density at radius 3 is 2.00 bits per heavy atom. The molecule has 2 N–H and O–H groups in total. The van der Waals surface area contributed by atoms with Gasteiger partial charge in [0.2, 0.25) is 0 Å². The highest BCUT2D eigenvalue weighted by Crippen LogP contribution is 2.21. The number of imide groups is 1. The Morgan fingerprint density at radius 2 is 1.50 bits per heavy atom. The maximum Gasteiger partial charge on any atom is 0.324 e. The zero-order chi connectivity index (χ0) is 19.1. The van der Waals surface area contributed by atoms with Crippen LogP contribution in [0.15, 0.2) is 48.5 Å². The average molecular weight is 354 g/mol. The quantitative estimate of drug-likeness (QED) is 0.833. The van der Waals surface area contributed by atoms with E-state index in [0.29, 0.717) is 12.0 Å². The molecule has 0 aromatic heterocycles. The predicted molar refractivity (Wildman–Crippen MR) is 99.0 cm³/mol. The van der Waals surface area contributed by atoms with Crippen molar-refractivity contribution in [3.05, 3.63) is 59.7 Å².